The molecule has 0 saturated heterocycles. The zero-order chi connectivity index (χ0) is 21.5. The van der Waals surface area contributed by atoms with Gasteiger partial charge in [0.05, 0.1) is 26.2 Å². The fourth-order valence-corrected chi connectivity index (χ4v) is 1.60. The van der Waals surface area contributed by atoms with Crippen molar-refractivity contribution in [3.05, 3.63) is 0 Å². The van der Waals surface area contributed by atoms with Crippen molar-refractivity contribution in [1.29, 1.82) is 0 Å². The largest absolute Gasteiger partial charge is 0.464 e. The van der Waals surface area contributed by atoms with Crippen LogP contribution in [0, 0.1) is 0 Å². The summed E-state index contributed by atoms with van der Waals surface area (Å²) < 4.78 is 14.1. The van der Waals surface area contributed by atoms with Gasteiger partial charge in [0.1, 0.15) is 6.34 Å². The van der Waals surface area contributed by atoms with Crippen LogP contribution in [-0.2, 0) is 33.4 Å². The Morgan fingerprint density at radius 3 is 2.11 bits per heavy atom. The van der Waals surface area contributed by atoms with Gasteiger partial charge in [-0.05, 0) is 20.8 Å². The number of nitrogens with zero attached hydrogens (tertiary/aromatic N) is 3. The van der Waals surface area contributed by atoms with Crippen molar-refractivity contribution in [3.8, 4) is 0 Å². The molecule has 1 aliphatic heterocycles. The molecule has 12 heteroatoms. The third-order valence-electron chi connectivity index (χ3n) is 2.71. The van der Waals surface area contributed by atoms with Crippen molar-refractivity contribution in [2.75, 3.05) is 33.9 Å². The van der Waals surface area contributed by atoms with Crippen LogP contribution in [0.3, 0.4) is 0 Å². The first-order chi connectivity index (χ1) is 13.3. The molecule has 0 aromatic rings. The molecule has 0 radical (unpaired) electrons. The van der Waals surface area contributed by atoms with Crippen LogP contribution in [0.1, 0.15) is 20.8 Å². The van der Waals surface area contributed by atoms with Gasteiger partial charge in [-0.3, -0.25) is 15.6 Å². The number of amides is 1. The van der Waals surface area contributed by atoms with E-state index in [2.05, 4.69) is 25.6 Å². The SMILES string of the molecule is CCOC(=O)C(N=CN(C)C)C(=O)OCC.CCOC(=O)C1N=CNNC1=O. The van der Waals surface area contributed by atoms with E-state index >= 15 is 0 Å². The lowest BCUT2D eigenvalue weighted by molar-refractivity contribution is -0.156. The molecule has 1 atom stereocenters. The van der Waals surface area contributed by atoms with Crippen LogP contribution >= 0.6 is 0 Å². The van der Waals surface area contributed by atoms with E-state index in [1.807, 2.05) is 0 Å². The zero-order valence-electron chi connectivity index (χ0n) is 16.6. The number of carbonyl (C=O) groups excluding carboxylic acids is 4. The van der Waals surface area contributed by atoms with E-state index in [4.69, 9.17) is 9.47 Å². The highest BCUT2D eigenvalue weighted by Gasteiger charge is 2.29. The van der Waals surface area contributed by atoms with Gasteiger partial charge in [0.15, 0.2) is 0 Å². The summed E-state index contributed by atoms with van der Waals surface area (Å²) in [6, 6.07) is -2.30. The molecule has 2 N–H and O–H groups in total. The molecule has 0 aromatic carbocycles. The van der Waals surface area contributed by atoms with Crippen LogP contribution in [-0.4, -0.2) is 87.4 Å². The predicted octanol–water partition coefficient (Wildman–Crippen LogP) is -1.35. The van der Waals surface area contributed by atoms with E-state index in [-0.39, 0.29) is 19.8 Å². The van der Waals surface area contributed by atoms with E-state index in [9.17, 15) is 19.2 Å². The van der Waals surface area contributed by atoms with Crippen molar-refractivity contribution in [1.82, 2.24) is 15.8 Å². The number of esters is 3. The summed E-state index contributed by atoms with van der Waals surface area (Å²) in [4.78, 5) is 53.8. The highest BCUT2D eigenvalue weighted by molar-refractivity contribution is 6.04. The maximum Gasteiger partial charge on any atom is 0.342 e. The molecular formula is C16H27N5O7. The molecule has 1 amide bonds. The predicted molar refractivity (Wildman–Crippen MR) is 99.4 cm³/mol. The number of rotatable bonds is 8. The first-order valence-corrected chi connectivity index (χ1v) is 8.55. The van der Waals surface area contributed by atoms with E-state index in [1.54, 1.807) is 39.8 Å². The lowest BCUT2D eigenvalue weighted by atomic mass is 10.3. The molecule has 0 spiro atoms. The summed E-state index contributed by atoms with van der Waals surface area (Å²) in [6.45, 7) is 5.64. The summed E-state index contributed by atoms with van der Waals surface area (Å²) in [5.74, 6) is -2.53. The molecule has 0 aliphatic carbocycles. The van der Waals surface area contributed by atoms with Crippen molar-refractivity contribution in [2.45, 2.75) is 32.9 Å². The second-order valence-electron chi connectivity index (χ2n) is 5.20. The molecule has 12 nitrogen and oxygen atoms in total. The average Bonchev–Trinajstić information content (AvgIpc) is 2.63. The highest BCUT2D eigenvalue weighted by atomic mass is 16.6. The van der Waals surface area contributed by atoms with Crippen LogP contribution in [0.15, 0.2) is 9.98 Å². The highest BCUT2D eigenvalue weighted by Crippen LogP contribution is 1.99. The van der Waals surface area contributed by atoms with E-state index in [1.165, 1.54) is 12.7 Å². The number of hydrogen-bond donors (Lipinski definition) is 2. The number of ether oxygens (including phenoxy) is 3. The van der Waals surface area contributed by atoms with Crippen molar-refractivity contribution < 1.29 is 33.4 Å². The third-order valence-corrected chi connectivity index (χ3v) is 2.71. The Bertz CT molecular complexity index is 574. The second-order valence-corrected chi connectivity index (χ2v) is 5.20. The van der Waals surface area contributed by atoms with Crippen LogP contribution in [0.25, 0.3) is 0 Å². The average molecular weight is 401 g/mol. The minimum Gasteiger partial charge on any atom is -0.464 e. The minimum absolute atomic E-state index is 0.201. The number of hydrogen-bond acceptors (Lipinski definition) is 10. The first kappa shape index (κ1) is 24.8. The molecule has 28 heavy (non-hydrogen) atoms. The molecule has 1 rings (SSSR count). The van der Waals surface area contributed by atoms with E-state index in [0.717, 1.165) is 0 Å². The summed E-state index contributed by atoms with van der Waals surface area (Å²) in [5.41, 5.74) is 4.59. The molecule has 1 heterocycles. The molecule has 0 saturated carbocycles. The fraction of sp³-hybridized carbons (Fsp3) is 0.625. The monoisotopic (exact) mass is 401 g/mol. The number of nitrogens with one attached hydrogen (secondary N) is 2. The molecule has 0 aromatic heterocycles. The van der Waals surface area contributed by atoms with Gasteiger partial charge in [0.25, 0.3) is 5.91 Å². The lowest BCUT2D eigenvalue weighted by Gasteiger charge is -2.15. The van der Waals surface area contributed by atoms with Gasteiger partial charge in [-0.2, -0.15) is 0 Å². The van der Waals surface area contributed by atoms with Crippen molar-refractivity contribution >= 4 is 36.5 Å². The molecule has 0 bridgehead atoms. The summed E-state index contributed by atoms with van der Waals surface area (Å²) >= 11 is 0. The normalized spacial score (nSPS) is 15.1. The maximum atomic E-state index is 11.4. The Hall–Kier alpha value is -3.18. The number of hydrazine groups is 1. The van der Waals surface area contributed by atoms with Crippen LogP contribution in [0.4, 0.5) is 0 Å². The quantitative estimate of drug-likeness (QED) is 0.166. The molecular weight excluding hydrogens is 374 g/mol. The van der Waals surface area contributed by atoms with Gasteiger partial charge in [0, 0.05) is 14.1 Å². The van der Waals surface area contributed by atoms with Gasteiger partial charge in [0.2, 0.25) is 12.1 Å². The molecule has 1 aliphatic rings. The first-order valence-electron chi connectivity index (χ1n) is 8.55. The van der Waals surface area contributed by atoms with Gasteiger partial charge < -0.3 is 19.1 Å². The fourth-order valence-electron chi connectivity index (χ4n) is 1.60. The summed E-state index contributed by atoms with van der Waals surface area (Å²) in [5, 5.41) is 0. The van der Waals surface area contributed by atoms with Crippen molar-refractivity contribution in [2.24, 2.45) is 9.98 Å². The Morgan fingerprint density at radius 1 is 1.14 bits per heavy atom. The topological polar surface area (TPSA) is 148 Å². The lowest BCUT2D eigenvalue weighted by Crippen LogP contribution is -2.50. The van der Waals surface area contributed by atoms with Gasteiger partial charge in [-0.25, -0.2) is 24.4 Å². The van der Waals surface area contributed by atoms with E-state index < -0.39 is 35.9 Å². The van der Waals surface area contributed by atoms with Crippen LogP contribution in [0.5, 0.6) is 0 Å². The molecule has 0 fully saturated rings. The van der Waals surface area contributed by atoms with Gasteiger partial charge in [-0.15, -0.1) is 0 Å². The van der Waals surface area contributed by atoms with Crippen LogP contribution in [0.2, 0.25) is 0 Å². The van der Waals surface area contributed by atoms with Crippen LogP contribution < -0.4 is 10.9 Å². The van der Waals surface area contributed by atoms with E-state index in [0.29, 0.717) is 0 Å². The standard InChI is InChI=1S/C10H18N2O4.C6H9N3O3/c1-5-15-9(13)8(10(14)16-6-2)11-7-12(3)4;1-2-12-6(11)4-5(10)9-8-3-7-4/h7-8H,5-6H2,1-4H3;3-4H,2H2,1H3,(H,7,8)(H,9,10). The summed E-state index contributed by atoms with van der Waals surface area (Å²) in [7, 11) is 3.47. The number of aliphatic imine (C=N–C) groups is 2. The van der Waals surface area contributed by atoms with Gasteiger partial charge in [-0.1, -0.05) is 0 Å². The smallest absolute Gasteiger partial charge is 0.342 e. The molecule has 158 valence electrons. The summed E-state index contributed by atoms with van der Waals surface area (Å²) in [6.07, 6.45) is 2.61. The number of carbonyl (C=O) groups is 4. The molecule has 1 unspecified atom stereocenters. The maximum absolute atomic E-state index is 11.4. The Morgan fingerprint density at radius 2 is 1.68 bits per heavy atom. The third kappa shape index (κ3) is 9.50. The Kier molecular flexibility index (Phi) is 12.4. The minimum atomic E-state index is -1.23. The van der Waals surface area contributed by atoms with Gasteiger partial charge >= 0.3 is 17.9 Å². The van der Waals surface area contributed by atoms with Crippen molar-refractivity contribution in [3.63, 3.8) is 0 Å². The zero-order valence-corrected chi connectivity index (χ0v) is 16.6. The Balaban J connectivity index is 0.000000540. The Labute approximate surface area is 163 Å². The second kappa shape index (κ2) is 13.9.